The number of benzene rings is 1. The molecule has 2 aliphatic heterocycles. The minimum Gasteiger partial charge on any atom is -0.390 e. The zero-order chi connectivity index (χ0) is 17.6. The van der Waals surface area contributed by atoms with Gasteiger partial charge in [0, 0.05) is 37.9 Å². The van der Waals surface area contributed by atoms with Crippen LogP contribution in [0, 0.1) is 5.92 Å². The lowest BCUT2D eigenvalue weighted by Crippen LogP contribution is -2.42. The van der Waals surface area contributed by atoms with Gasteiger partial charge in [0.05, 0.1) is 6.10 Å². The average molecular weight is 346 g/mol. The number of aliphatic hydroxyl groups excluding tert-OH is 1. The first-order valence-electron chi connectivity index (χ1n) is 10.1. The lowest BCUT2D eigenvalue weighted by molar-refractivity contribution is 0.0892. The Morgan fingerprint density at radius 2 is 1.88 bits per heavy atom. The summed E-state index contributed by atoms with van der Waals surface area (Å²) in [6, 6.07) is 9.13. The van der Waals surface area contributed by atoms with Gasteiger partial charge in [0.1, 0.15) is 0 Å². The van der Waals surface area contributed by atoms with Crippen molar-refractivity contribution in [3.8, 4) is 0 Å². The molecular weight excluding hydrogens is 310 g/mol. The van der Waals surface area contributed by atoms with Crippen LogP contribution in [0.15, 0.2) is 24.3 Å². The predicted molar refractivity (Wildman–Crippen MR) is 105 cm³/mol. The van der Waals surface area contributed by atoms with Crippen LogP contribution in [0.25, 0.3) is 0 Å². The van der Waals surface area contributed by atoms with Gasteiger partial charge in [0.15, 0.2) is 0 Å². The van der Waals surface area contributed by atoms with Crippen LogP contribution in [0.3, 0.4) is 0 Å². The standard InChI is InChI=1S/C21H35N3O/c1-17-8-12-23(13-9-17)16-21(25)15-22-18(2)19-6-5-7-20(14-19)24-10-3-4-11-24/h5-7,14,17-18,21-22,25H,3-4,8-13,15-16H2,1-2H3. The van der Waals surface area contributed by atoms with Gasteiger partial charge < -0.3 is 20.2 Å². The molecule has 4 heteroatoms. The van der Waals surface area contributed by atoms with Crippen LogP contribution in [0.1, 0.15) is 51.1 Å². The molecule has 2 N–H and O–H groups in total. The van der Waals surface area contributed by atoms with Gasteiger partial charge >= 0.3 is 0 Å². The molecule has 0 aliphatic carbocycles. The third-order valence-electron chi connectivity index (χ3n) is 5.85. The fourth-order valence-corrected chi connectivity index (χ4v) is 4.00. The smallest absolute Gasteiger partial charge is 0.0791 e. The maximum Gasteiger partial charge on any atom is 0.0791 e. The minimum absolute atomic E-state index is 0.263. The molecule has 1 aromatic carbocycles. The Hall–Kier alpha value is -1.10. The highest BCUT2D eigenvalue weighted by molar-refractivity contribution is 5.49. The van der Waals surface area contributed by atoms with E-state index in [2.05, 4.69) is 53.2 Å². The highest BCUT2D eigenvalue weighted by Gasteiger charge is 2.19. The molecule has 0 bridgehead atoms. The summed E-state index contributed by atoms with van der Waals surface area (Å²) in [6.07, 6.45) is 4.84. The number of likely N-dealkylation sites (tertiary alicyclic amines) is 1. The molecule has 2 unspecified atom stereocenters. The second-order valence-electron chi connectivity index (χ2n) is 8.06. The van der Waals surface area contributed by atoms with Gasteiger partial charge in [-0.15, -0.1) is 0 Å². The first-order chi connectivity index (χ1) is 12.1. The van der Waals surface area contributed by atoms with Gasteiger partial charge in [0.2, 0.25) is 0 Å². The fraction of sp³-hybridized carbons (Fsp3) is 0.714. The van der Waals surface area contributed by atoms with Crippen LogP contribution in [0.4, 0.5) is 5.69 Å². The summed E-state index contributed by atoms with van der Waals surface area (Å²) < 4.78 is 0. The second-order valence-corrected chi connectivity index (χ2v) is 8.06. The first kappa shape index (κ1) is 18.7. The zero-order valence-corrected chi connectivity index (χ0v) is 16.0. The number of hydrogen-bond acceptors (Lipinski definition) is 4. The van der Waals surface area contributed by atoms with E-state index in [0.717, 1.165) is 25.6 Å². The third-order valence-corrected chi connectivity index (χ3v) is 5.85. The van der Waals surface area contributed by atoms with Crippen molar-refractivity contribution in [3.05, 3.63) is 29.8 Å². The van der Waals surface area contributed by atoms with Crippen molar-refractivity contribution in [2.24, 2.45) is 5.92 Å². The third kappa shape index (κ3) is 5.44. The molecule has 0 aromatic heterocycles. The van der Waals surface area contributed by atoms with E-state index in [1.165, 1.54) is 50.0 Å². The predicted octanol–water partition coefficient (Wildman–Crippen LogP) is 3.03. The Morgan fingerprint density at radius 3 is 2.60 bits per heavy atom. The molecule has 140 valence electrons. The molecule has 0 amide bonds. The number of piperidine rings is 1. The van der Waals surface area contributed by atoms with Gasteiger partial charge in [-0.2, -0.15) is 0 Å². The summed E-state index contributed by atoms with van der Waals surface area (Å²) in [5.74, 6) is 0.842. The van der Waals surface area contributed by atoms with Crippen LogP contribution >= 0.6 is 0 Å². The maximum atomic E-state index is 10.4. The fourth-order valence-electron chi connectivity index (χ4n) is 4.00. The number of β-amino-alcohol motifs (C(OH)–C–C–N with tert-alkyl or cyclic N) is 1. The van der Waals surface area contributed by atoms with Gasteiger partial charge in [-0.1, -0.05) is 19.1 Å². The van der Waals surface area contributed by atoms with E-state index < -0.39 is 0 Å². The normalized spacial score (nSPS) is 22.3. The Bertz CT molecular complexity index is 522. The molecule has 2 atom stereocenters. The van der Waals surface area contributed by atoms with E-state index in [1.54, 1.807) is 0 Å². The van der Waals surface area contributed by atoms with Crippen molar-refractivity contribution < 1.29 is 5.11 Å². The Balaban J connectivity index is 1.45. The van der Waals surface area contributed by atoms with Crippen molar-refractivity contribution >= 4 is 5.69 Å². The second kappa shape index (κ2) is 9.02. The maximum absolute atomic E-state index is 10.4. The summed E-state index contributed by atoms with van der Waals surface area (Å²) in [7, 11) is 0. The van der Waals surface area contributed by atoms with Crippen LogP contribution in [-0.4, -0.2) is 55.4 Å². The molecule has 1 aromatic rings. The van der Waals surface area contributed by atoms with Crippen LogP contribution in [0.2, 0.25) is 0 Å². The first-order valence-corrected chi connectivity index (χ1v) is 10.1. The quantitative estimate of drug-likeness (QED) is 0.797. The SMILES string of the molecule is CC1CCN(CC(O)CNC(C)c2cccc(N3CCCC3)c2)CC1. The largest absolute Gasteiger partial charge is 0.390 e. The zero-order valence-electron chi connectivity index (χ0n) is 16.0. The van der Waals surface area contributed by atoms with Crippen molar-refractivity contribution in [1.29, 1.82) is 0 Å². The number of anilines is 1. The summed E-state index contributed by atoms with van der Waals surface area (Å²) >= 11 is 0. The van der Waals surface area contributed by atoms with E-state index >= 15 is 0 Å². The highest BCUT2D eigenvalue weighted by atomic mass is 16.3. The molecule has 2 fully saturated rings. The summed E-state index contributed by atoms with van der Waals surface area (Å²) in [5.41, 5.74) is 2.65. The van der Waals surface area contributed by atoms with Crippen molar-refractivity contribution in [2.75, 3.05) is 44.2 Å². The van der Waals surface area contributed by atoms with Crippen molar-refractivity contribution in [1.82, 2.24) is 10.2 Å². The molecule has 25 heavy (non-hydrogen) atoms. The molecule has 0 radical (unpaired) electrons. The molecule has 0 saturated carbocycles. The number of nitrogens with zero attached hydrogens (tertiary/aromatic N) is 2. The molecule has 2 saturated heterocycles. The van der Waals surface area contributed by atoms with E-state index in [1.807, 2.05) is 0 Å². The lowest BCUT2D eigenvalue weighted by atomic mass is 9.99. The number of nitrogens with one attached hydrogen (secondary N) is 1. The van der Waals surface area contributed by atoms with E-state index in [9.17, 15) is 5.11 Å². The van der Waals surface area contributed by atoms with Gasteiger partial charge in [0.25, 0.3) is 0 Å². The molecule has 4 nitrogen and oxygen atoms in total. The van der Waals surface area contributed by atoms with Crippen LogP contribution in [-0.2, 0) is 0 Å². The van der Waals surface area contributed by atoms with E-state index in [-0.39, 0.29) is 12.1 Å². The highest BCUT2D eigenvalue weighted by Crippen LogP contribution is 2.24. The molecule has 0 spiro atoms. The number of rotatable bonds is 7. The Morgan fingerprint density at radius 1 is 1.16 bits per heavy atom. The summed E-state index contributed by atoms with van der Waals surface area (Å²) in [5, 5.41) is 13.9. The number of hydrogen-bond donors (Lipinski definition) is 2. The van der Waals surface area contributed by atoms with Crippen LogP contribution in [0.5, 0.6) is 0 Å². The van der Waals surface area contributed by atoms with E-state index in [4.69, 9.17) is 0 Å². The van der Waals surface area contributed by atoms with Crippen LogP contribution < -0.4 is 10.2 Å². The summed E-state index contributed by atoms with van der Waals surface area (Å²) in [6.45, 7) is 10.6. The van der Waals surface area contributed by atoms with Gasteiger partial charge in [-0.25, -0.2) is 0 Å². The topological polar surface area (TPSA) is 38.7 Å². The molecule has 2 aliphatic rings. The molecule has 3 rings (SSSR count). The molecule has 2 heterocycles. The van der Waals surface area contributed by atoms with Crippen molar-refractivity contribution in [3.63, 3.8) is 0 Å². The average Bonchev–Trinajstić information content (AvgIpc) is 3.16. The van der Waals surface area contributed by atoms with Crippen molar-refractivity contribution in [2.45, 2.75) is 51.7 Å². The van der Waals surface area contributed by atoms with Gasteiger partial charge in [-0.05, 0) is 69.3 Å². The lowest BCUT2D eigenvalue weighted by Gasteiger charge is -2.32. The Kier molecular flexibility index (Phi) is 6.74. The minimum atomic E-state index is -0.294. The van der Waals surface area contributed by atoms with Gasteiger partial charge in [-0.3, -0.25) is 0 Å². The number of aliphatic hydroxyl groups is 1. The molecular formula is C21H35N3O. The Labute approximate surface area is 153 Å². The summed E-state index contributed by atoms with van der Waals surface area (Å²) in [4.78, 5) is 4.88. The van der Waals surface area contributed by atoms with E-state index in [0.29, 0.717) is 6.54 Å². The monoisotopic (exact) mass is 345 g/mol.